The second-order valence-electron chi connectivity index (χ2n) is 6.77. The number of hydrogen-bond acceptors (Lipinski definition) is 2. The van der Waals surface area contributed by atoms with E-state index in [1.54, 1.807) is 0 Å². The maximum Gasteiger partial charge on any atom is 0.0408 e. The Balaban J connectivity index is 1.39. The highest BCUT2D eigenvalue weighted by Gasteiger charge is 2.22. The Labute approximate surface area is 133 Å². The van der Waals surface area contributed by atoms with E-state index in [2.05, 4.69) is 29.3 Å². The first kappa shape index (κ1) is 15.3. The topological polar surface area (TPSA) is 15.3 Å². The monoisotopic (exact) mass is 306 g/mol. The van der Waals surface area contributed by atoms with Crippen LogP contribution >= 0.6 is 11.6 Å². The number of halogens is 1. The normalized spacial score (nSPS) is 23.4. The highest BCUT2D eigenvalue weighted by Crippen LogP contribution is 2.32. The standard InChI is InChI=1S/C18H27ClN2/c1-14-7-11-21(12-8-14)10-2-9-20-18-6-3-15-13-16(19)4-5-17(15)18/h4-5,13-14,18,20H,2-3,6-12H2,1H3. The van der Waals surface area contributed by atoms with Gasteiger partial charge in [-0.25, -0.2) is 0 Å². The zero-order chi connectivity index (χ0) is 14.7. The molecule has 1 fully saturated rings. The molecule has 1 saturated heterocycles. The van der Waals surface area contributed by atoms with Gasteiger partial charge in [0.25, 0.3) is 0 Å². The van der Waals surface area contributed by atoms with Crippen molar-refractivity contribution in [3.63, 3.8) is 0 Å². The average Bonchev–Trinajstić information content (AvgIpc) is 2.87. The molecule has 3 heteroatoms. The number of fused-ring (bicyclic) bond motifs is 1. The van der Waals surface area contributed by atoms with Crippen molar-refractivity contribution < 1.29 is 0 Å². The Morgan fingerprint density at radius 2 is 2.05 bits per heavy atom. The lowest BCUT2D eigenvalue weighted by atomic mass is 9.99. The van der Waals surface area contributed by atoms with Crippen molar-refractivity contribution in [2.45, 2.75) is 45.1 Å². The predicted molar refractivity (Wildman–Crippen MR) is 90.0 cm³/mol. The van der Waals surface area contributed by atoms with Crippen LogP contribution in [0.5, 0.6) is 0 Å². The number of rotatable bonds is 5. The second-order valence-corrected chi connectivity index (χ2v) is 7.20. The van der Waals surface area contributed by atoms with E-state index >= 15 is 0 Å². The third-order valence-corrected chi connectivity index (χ3v) is 5.34. The predicted octanol–water partition coefficient (Wildman–Crippen LogP) is 4.04. The van der Waals surface area contributed by atoms with Crippen molar-refractivity contribution in [3.05, 3.63) is 34.3 Å². The number of nitrogens with one attached hydrogen (secondary N) is 1. The number of nitrogens with zero attached hydrogens (tertiary/aromatic N) is 1. The fourth-order valence-electron chi connectivity index (χ4n) is 3.66. The maximum atomic E-state index is 6.07. The summed E-state index contributed by atoms with van der Waals surface area (Å²) in [5, 5.41) is 4.61. The molecule has 0 bridgehead atoms. The van der Waals surface area contributed by atoms with Gasteiger partial charge in [0.1, 0.15) is 0 Å². The van der Waals surface area contributed by atoms with Gasteiger partial charge >= 0.3 is 0 Å². The molecule has 1 atom stereocenters. The van der Waals surface area contributed by atoms with Gasteiger partial charge in [0, 0.05) is 11.1 Å². The summed E-state index contributed by atoms with van der Waals surface area (Å²) in [5.74, 6) is 0.932. The van der Waals surface area contributed by atoms with Crippen LogP contribution in [0.25, 0.3) is 0 Å². The van der Waals surface area contributed by atoms with Crippen LogP contribution in [-0.4, -0.2) is 31.1 Å². The summed E-state index contributed by atoms with van der Waals surface area (Å²) in [6.07, 6.45) is 6.40. The molecule has 3 rings (SSSR count). The van der Waals surface area contributed by atoms with Crippen molar-refractivity contribution in [2.24, 2.45) is 5.92 Å². The van der Waals surface area contributed by atoms with E-state index in [4.69, 9.17) is 11.6 Å². The Bertz CT molecular complexity index is 466. The third kappa shape index (κ3) is 4.00. The van der Waals surface area contributed by atoms with Crippen LogP contribution in [0.15, 0.2) is 18.2 Å². The molecule has 0 amide bonds. The minimum absolute atomic E-state index is 0.540. The molecule has 0 saturated carbocycles. The molecule has 1 aromatic carbocycles. The zero-order valence-corrected chi connectivity index (χ0v) is 13.8. The number of benzene rings is 1. The van der Waals surface area contributed by atoms with Crippen LogP contribution in [0.1, 0.15) is 49.8 Å². The van der Waals surface area contributed by atoms with Gasteiger partial charge in [-0.3, -0.25) is 0 Å². The molecular weight excluding hydrogens is 280 g/mol. The Hall–Kier alpha value is -0.570. The average molecular weight is 307 g/mol. The lowest BCUT2D eigenvalue weighted by molar-refractivity contribution is 0.190. The summed E-state index contributed by atoms with van der Waals surface area (Å²) in [4.78, 5) is 2.63. The van der Waals surface area contributed by atoms with Crippen molar-refractivity contribution in [1.82, 2.24) is 10.2 Å². The maximum absolute atomic E-state index is 6.07. The lowest BCUT2D eigenvalue weighted by Gasteiger charge is -2.30. The summed E-state index contributed by atoms with van der Waals surface area (Å²) >= 11 is 6.07. The van der Waals surface area contributed by atoms with Gasteiger partial charge in [-0.2, -0.15) is 0 Å². The summed E-state index contributed by atoms with van der Waals surface area (Å²) in [6.45, 7) is 7.35. The van der Waals surface area contributed by atoms with Crippen LogP contribution < -0.4 is 5.32 Å². The Morgan fingerprint density at radius 3 is 2.86 bits per heavy atom. The minimum Gasteiger partial charge on any atom is -0.310 e. The first-order valence-electron chi connectivity index (χ1n) is 8.46. The Kier molecular flexibility index (Phi) is 5.20. The molecule has 1 aromatic rings. The fourth-order valence-corrected chi connectivity index (χ4v) is 3.86. The third-order valence-electron chi connectivity index (χ3n) is 5.10. The molecule has 1 N–H and O–H groups in total. The van der Waals surface area contributed by atoms with E-state index in [0.717, 1.165) is 23.9 Å². The number of piperidine rings is 1. The van der Waals surface area contributed by atoms with Gasteiger partial charge in [-0.1, -0.05) is 24.6 Å². The molecule has 0 radical (unpaired) electrons. The molecule has 2 nitrogen and oxygen atoms in total. The van der Waals surface area contributed by atoms with Gasteiger partial charge in [0.05, 0.1) is 0 Å². The summed E-state index contributed by atoms with van der Waals surface area (Å²) in [7, 11) is 0. The van der Waals surface area contributed by atoms with Gasteiger partial charge in [0.2, 0.25) is 0 Å². The largest absolute Gasteiger partial charge is 0.310 e. The van der Waals surface area contributed by atoms with Crippen LogP contribution in [0.2, 0.25) is 5.02 Å². The zero-order valence-electron chi connectivity index (χ0n) is 13.1. The number of likely N-dealkylation sites (tertiary alicyclic amines) is 1. The van der Waals surface area contributed by atoms with E-state index in [1.807, 2.05) is 6.07 Å². The fraction of sp³-hybridized carbons (Fsp3) is 0.667. The van der Waals surface area contributed by atoms with Crippen LogP contribution in [0.4, 0.5) is 0 Å². The van der Waals surface area contributed by atoms with Crippen LogP contribution in [-0.2, 0) is 6.42 Å². The van der Waals surface area contributed by atoms with E-state index in [0.29, 0.717) is 6.04 Å². The minimum atomic E-state index is 0.540. The van der Waals surface area contributed by atoms with E-state index < -0.39 is 0 Å². The summed E-state index contributed by atoms with van der Waals surface area (Å²) < 4.78 is 0. The molecule has 0 aromatic heterocycles. The highest BCUT2D eigenvalue weighted by atomic mass is 35.5. The molecule has 1 aliphatic heterocycles. The van der Waals surface area contributed by atoms with Crippen molar-refractivity contribution in [3.8, 4) is 0 Å². The van der Waals surface area contributed by atoms with Crippen molar-refractivity contribution in [2.75, 3.05) is 26.2 Å². The van der Waals surface area contributed by atoms with Crippen LogP contribution in [0, 0.1) is 5.92 Å². The number of hydrogen-bond donors (Lipinski definition) is 1. The first-order valence-corrected chi connectivity index (χ1v) is 8.84. The summed E-state index contributed by atoms with van der Waals surface area (Å²) in [5.41, 5.74) is 2.90. The van der Waals surface area contributed by atoms with Gasteiger partial charge in [0.15, 0.2) is 0 Å². The first-order chi connectivity index (χ1) is 10.2. The Morgan fingerprint density at radius 1 is 1.24 bits per heavy atom. The second kappa shape index (κ2) is 7.13. The molecular formula is C18H27ClN2. The van der Waals surface area contributed by atoms with Crippen LogP contribution in [0.3, 0.4) is 0 Å². The summed E-state index contributed by atoms with van der Waals surface area (Å²) in [6, 6.07) is 6.90. The van der Waals surface area contributed by atoms with E-state index in [-0.39, 0.29) is 0 Å². The van der Waals surface area contributed by atoms with Crippen molar-refractivity contribution >= 4 is 11.6 Å². The quantitative estimate of drug-likeness (QED) is 0.826. The smallest absolute Gasteiger partial charge is 0.0408 e. The molecule has 116 valence electrons. The molecule has 0 spiro atoms. The van der Waals surface area contributed by atoms with E-state index in [9.17, 15) is 0 Å². The molecule has 1 unspecified atom stereocenters. The van der Waals surface area contributed by atoms with Gasteiger partial charge < -0.3 is 10.2 Å². The van der Waals surface area contributed by atoms with Crippen molar-refractivity contribution in [1.29, 1.82) is 0 Å². The molecule has 2 aliphatic rings. The van der Waals surface area contributed by atoms with Gasteiger partial charge in [-0.05, 0) is 87.5 Å². The number of aryl methyl sites for hydroxylation is 1. The molecule has 1 aliphatic carbocycles. The van der Waals surface area contributed by atoms with Gasteiger partial charge in [-0.15, -0.1) is 0 Å². The lowest BCUT2D eigenvalue weighted by Crippen LogP contribution is -2.35. The molecule has 1 heterocycles. The SMILES string of the molecule is CC1CCN(CCCNC2CCc3cc(Cl)ccc32)CC1. The molecule has 21 heavy (non-hydrogen) atoms. The van der Waals surface area contributed by atoms with E-state index in [1.165, 1.54) is 56.4 Å². The highest BCUT2D eigenvalue weighted by molar-refractivity contribution is 6.30.